The summed E-state index contributed by atoms with van der Waals surface area (Å²) in [6, 6.07) is 0.200. The molecule has 0 fully saturated rings. The standard InChI is InChI=1S/C9H15IN4/c1-2-3-7(11)4-13-9-8(10)5-12-6-14-9/h5-7H,2-4,11H2,1H3,(H,12,13,14). The second-order valence-corrected chi connectivity index (χ2v) is 4.31. The molecule has 0 aliphatic carbocycles. The first-order valence-corrected chi connectivity index (χ1v) is 5.77. The number of hydrogen-bond acceptors (Lipinski definition) is 4. The first kappa shape index (κ1) is 11.6. The Labute approximate surface area is 97.8 Å². The summed E-state index contributed by atoms with van der Waals surface area (Å²) < 4.78 is 1.02. The third-order valence-electron chi connectivity index (χ3n) is 1.86. The van der Waals surface area contributed by atoms with Crippen LogP contribution in [0.1, 0.15) is 19.8 Å². The number of rotatable bonds is 5. The van der Waals surface area contributed by atoms with Crippen molar-refractivity contribution < 1.29 is 0 Å². The van der Waals surface area contributed by atoms with Gasteiger partial charge in [0.15, 0.2) is 0 Å². The Morgan fingerprint density at radius 1 is 1.64 bits per heavy atom. The maximum atomic E-state index is 5.87. The summed E-state index contributed by atoms with van der Waals surface area (Å²) in [7, 11) is 0. The van der Waals surface area contributed by atoms with Crippen molar-refractivity contribution in [1.29, 1.82) is 0 Å². The quantitative estimate of drug-likeness (QED) is 0.812. The second-order valence-electron chi connectivity index (χ2n) is 3.15. The van der Waals surface area contributed by atoms with Gasteiger partial charge in [0, 0.05) is 18.8 Å². The molecule has 4 nitrogen and oxygen atoms in total. The van der Waals surface area contributed by atoms with E-state index in [1.165, 1.54) is 6.33 Å². The van der Waals surface area contributed by atoms with Crippen molar-refractivity contribution in [2.75, 3.05) is 11.9 Å². The summed E-state index contributed by atoms with van der Waals surface area (Å²) in [5.74, 6) is 0.868. The first-order chi connectivity index (χ1) is 6.74. The zero-order chi connectivity index (χ0) is 10.4. The number of halogens is 1. The zero-order valence-corrected chi connectivity index (χ0v) is 10.4. The minimum Gasteiger partial charge on any atom is -0.368 e. The highest BCUT2D eigenvalue weighted by Gasteiger charge is 2.03. The summed E-state index contributed by atoms with van der Waals surface area (Å²) in [6.07, 6.45) is 5.47. The van der Waals surface area contributed by atoms with Crippen LogP contribution in [0.3, 0.4) is 0 Å². The number of anilines is 1. The third-order valence-corrected chi connectivity index (χ3v) is 2.65. The molecule has 0 aliphatic heterocycles. The molecule has 1 heterocycles. The van der Waals surface area contributed by atoms with E-state index in [0.29, 0.717) is 0 Å². The fourth-order valence-electron chi connectivity index (χ4n) is 1.14. The average Bonchev–Trinajstić information content (AvgIpc) is 2.17. The Morgan fingerprint density at radius 2 is 2.43 bits per heavy atom. The maximum Gasteiger partial charge on any atom is 0.142 e. The molecule has 14 heavy (non-hydrogen) atoms. The average molecular weight is 306 g/mol. The van der Waals surface area contributed by atoms with E-state index in [2.05, 4.69) is 44.8 Å². The molecule has 78 valence electrons. The van der Waals surface area contributed by atoms with Gasteiger partial charge in [-0.25, -0.2) is 9.97 Å². The van der Waals surface area contributed by atoms with Crippen LogP contribution in [0.5, 0.6) is 0 Å². The Morgan fingerprint density at radius 3 is 3.07 bits per heavy atom. The molecule has 1 rings (SSSR count). The predicted molar refractivity (Wildman–Crippen MR) is 66.1 cm³/mol. The molecule has 1 aromatic rings. The monoisotopic (exact) mass is 306 g/mol. The van der Waals surface area contributed by atoms with Crippen molar-refractivity contribution >= 4 is 28.4 Å². The SMILES string of the molecule is CCCC(N)CNc1ncncc1I. The largest absolute Gasteiger partial charge is 0.368 e. The molecule has 0 bridgehead atoms. The summed E-state index contributed by atoms with van der Waals surface area (Å²) in [5, 5.41) is 3.21. The van der Waals surface area contributed by atoms with Gasteiger partial charge in [0.1, 0.15) is 12.1 Å². The first-order valence-electron chi connectivity index (χ1n) is 4.69. The van der Waals surface area contributed by atoms with Gasteiger partial charge in [-0.3, -0.25) is 0 Å². The van der Waals surface area contributed by atoms with Crippen LogP contribution >= 0.6 is 22.6 Å². The van der Waals surface area contributed by atoms with Crippen LogP contribution in [-0.4, -0.2) is 22.6 Å². The number of hydrogen-bond donors (Lipinski definition) is 2. The normalized spacial score (nSPS) is 12.5. The van der Waals surface area contributed by atoms with E-state index in [1.54, 1.807) is 6.20 Å². The summed E-state index contributed by atoms with van der Waals surface area (Å²) in [5.41, 5.74) is 5.87. The molecule has 0 amide bonds. The lowest BCUT2D eigenvalue weighted by Crippen LogP contribution is -2.29. The maximum absolute atomic E-state index is 5.87. The van der Waals surface area contributed by atoms with Crippen molar-refractivity contribution in [3.8, 4) is 0 Å². The Bertz CT molecular complexity index is 279. The molecular weight excluding hydrogens is 291 g/mol. The number of nitrogens with zero attached hydrogens (tertiary/aromatic N) is 2. The number of nitrogens with one attached hydrogen (secondary N) is 1. The van der Waals surface area contributed by atoms with E-state index in [-0.39, 0.29) is 6.04 Å². The molecule has 1 unspecified atom stereocenters. The van der Waals surface area contributed by atoms with Crippen LogP contribution in [0.25, 0.3) is 0 Å². The molecule has 5 heteroatoms. The van der Waals surface area contributed by atoms with Gasteiger partial charge in [-0.05, 0) is 29.0 Å². The van der Waals surface area contributed by atoms with Crippen LogP contribution in [0.2, 0.25) is 0 Å². The van der Waals surface area contributed by atoms with Crippen LogP contribution < -0.4 is 11.1 Å². The minimum atomic E-state index is 0.200. The molecule has 1 atom stereocenters. The fraction of sp³-hybridized carbons (Fsp3) is 0.556. The Kier molecular flexibility index (Phi) is 5.10. The molecule has 0 saturated carbocycles. The highest BCUT2D eigenvalue weighted by atomic mass is 127. The van der Waals surface area contributed by atoms with Gasteiger partial charge in [0.2, 0.25) is 0 Å². The molecule has 0 radical (unpaired) electrons. The van der Waals surface area contributed by atoms with Gasteiger partial charge in [-0.1, -0.05) is 13.3 Å². The van der Waals surface area contributed by atoms with Crippen molar-refractivity contribution in [1.82, 2.24) is 9.97 Å². The molecule has 3 N–H and O–H groups in total. The van der Waals surface area contributed by atoms with E-state index < -0.39 is 0 Å². The van der Waals surface area contributed by atoms with Crippen molar-refractivity contribution in [3.05, 3.63) is 16.1 Å². The molecule has 0 aliphatic rings. The van der Waals surface area contributed by atoms with E-state index >= 15 is 0 Å². The summed E-state index contributed by atoms with van der Waals surface area (Å²) >= 11 is 2.20. The van der Waals surface area contributed by atoms with Crippen LogP contribution in [0.4, 0.5) is 5.82 Å². The van der Waals surface area contributed by atoms with Gasteiger partial charge in [-0.2, -0.15) is 0 Å². The van der Waals surface area contributed by atoms with E-state index in [4.69, 9.17) is 5.73 Å². The van der Waals surface area contributed by atoms with E-state index in [9.17, 15) is 0 Å². The molecule has 0 spiro atoms. The van der Waals surface area contributed by atoms with Crippen molar-refractivity contribution in [2.45, 2.75) is 25.8 Å². The summed E-state index contributed by atoms with van der Waals surface area (Å²) in [4.78, 5) is 8.04. The second kappa shape index (κ2) is 6.13. The van der Waals surface area contributed by atoms with Crippen LogP contribution in [0, 0.1) is 3.57 Å². The fourth-order valence-corrected chi connectivity index (χ4v) is 1.63. The van der Waals surface area contributed by atoms with Crippen LogP contribution in [0.15, 0.2) is 12.5 Å². The Hall–Kier alpha value is -0.430. The smallest absolute Gasteiger partial charge is 0.142 e. The van der Waals surface area contributed by atoms with E-state index in [0.717, 1.165) is 28.8 Å². The van der Waals surface area contributed by atoms with Crippen LogP contribution in [-0.2, 0) is 0 Å². The minimum absolute atomic E-state index is 0.200. The van der Waals surface area contributed by atoms with Gasteiger partial charge >= 0.3 is 0 Å². The van der Waals surface area contributed by atoms with Crippen molar-refractivity contribution in [2.24, 2.45) is 5.73 Å². The molecule has 0 saturated heterocycles. The van der Waals surface area contributed by atoms with Gasteiger partial charge in [0.05, 0.1) is 3.57 Å². The lowest BCUT2D eigenvalue weighted by atomic mass is 10.2. The Balaban J connectivity index is 2.41. The molecule has 0 aromatic carbocycles. The van der Waals surface area contributed by atoms with Gasteiger partial charge in [0.25, 0.3) is 0 Å². The molecular formula is C9H15IN4. The topological polar surface area (TPSA) is 63.8 Å². The number of aromatic nitrogens is 2. The predicted octanol–water partition coefficient (Wildman–Crippen LogP) is 1.62. The lowest BCUT2D eigenvalue weighted by molar-refractivity contribution is 0.626. The van der Waals surface area contributed by atoms with Gasteiger partial charge in [-0.15, -0.1) is 0 Å². The number of nitrogens with two attached hydrogens (primary N) is 1. The highest BCUT2D eigenvalue weighted by molar-refractivity contribution is 14.1. The highest BCUT2D eigenvalue weighted by Crippen LogP contribution is 2.12. The molecule has 1 aromatic heterocycles. The summed E-state index contributed by atoms with van der Waals surface area (Å²) in [6.45, 7) is 2.90. The zero-order valence-electron chi connectivity index (χ0n) is 8.20. The van der Waals surface area contributed by atoms with Crippen molar-refractivity contribution in [3.63, 3.8) is 0 Å². The lowest BCUT2D eigenvalue weighted by Gasteiger charge is -2.12. The third kappa shape index (κ3) is 3.75. The van der Waals surface area contributed by atoms with E-state index in [1.807, 2.05) is 0 Å². The van der Waals surface area contributed by atoms with Gasteiger partial charge < -0.3 is 11.1 Å².